The Morgan fingerprint density at radius 1 is 1.13 bits per heavy atom. The standard InChI is InChI=1S/C23H20N2O4S/c1-14-6-4-5-7-18(14)22-25-19(23(26)29-22)10-16-8-9-20(21(11-16)27-3)28-12-17-13-30-15(2)24-17/h4-11,13H,12H2,1-3H3. The van der Waals surface area contributed by atoms with Crippen molar-refractivity contribution in [3.8, 4) is 11.5 Å². The zero-order valence-electron chi connectivity index (χ0n) is 16.8. The number of hydrogen-bond donors (Lipinski definition) is 0. The SMILES string of the molecule is COc1cc(C=C2N=C(c3ccccc3C)OC2=O)ccc1OCc1csc(C)n1. The monoisotopic (exact) mass is 420 g/mol. The molecule has 0 amide bonds. The maximum absolute atomic E-state index is 12.3. The zero-order valence-corrected chi connectivity index (χ0v) is 17.7. The van der Waals surface area contributed by atoms with E-state index in [1.165, 1.54) is 0 Å². The summed E-state index contributed by atoms with van der Waals surface area (Å²) in [5, 5.41) is 2.97. The number of aromatic nitrogens is 1. The van der Waals surface area contributed by atoms with Gasteiger partial charge in [-0.05, 0) is 49.2 Å². The molecular formula is C23H20N2O4S. The highest BCUT2D eigenvalue weighted by molar-refractivity contribution is 7.09. The number of cyclic esters (lactones) is 1. The van der Waals surface area contributed by atoms with E-state index in [1.807, 2.05) is 49.6 Å². The number of aliphatic imine (C=N–C) groups is 1. The molecule has 0 aliphatic carbocycles. The van der Waals surface area contributed by atoms with Crippen LogP contribution < -0.4 is 9.47 Å². The average molecular weight is 420 g/mol. The Bertz CT molecular complexity index is 1160. The van der Waals surface area contributed by atoms with E-state index in [0.717, 1.165) is 27.4 Å². The molecule has 7 heteroatoms. The maximum Gasteiger partial charge on any atom is 0.363 e. The molecule has 0 N–H and O–H groups in total. The first-order chi connectivity index (χ1) is 14.5. The number of carbonyl (C=O) groups is 1. The van der Waals surface area contributed by atoms with Crippen LogP contribution in [0.4, 0.5) is 0 Å². The van der Waals surface area contributed by atoms with E-state index in [4.69, 9.17) is 14.2 Å². The molecule has 1 aliphatic heterocycles. The van der Waals surface area contributed by atoms with Gasteiger partial charge < -0.3 is 14.2 Å². The summed E-state index contributed by atoms with van der Waals surface area (Å²) in [6.07, 6.45) is 1.67. The first-order valence-corrected chi connectivity index (χ1v) is 10.2. The van der Waals surface area contributed by atoms with Gasteiger partial charge in [0, 0.05) is 10.9 Å². The number of nitrogens with zero attached hydrogens (tertiary/aromatic N) is 2. The molecule has 6 nitrogen and oxygen atoms in total. The van der Waals surface area contributed by atoms with E-state index < -0.39 is 5.97 Å². The van der Waals surface area contributed by atoms with Crippen molar-refractivity contribution in [3.63, 3.8) is 0 Å². The van der Waals surface area contributed by atoms with Crippen LogP contribution in [0.3, 0.4) is 0 Å². The van der Waals surface area contributed by atoms with Gasteiger partial charge in [-0.15, -0.1) is 11.3 Å². The lowest BCUT2D eigenvalue weighted by atomic mass is 10.1. The van der Waals surface area contributed by atoms with Crippen LogP contribution in [0.5, 0.6) is 11.5 Å². The quantitative estimate of drug-likeness (QED) is 0.427. The van der Waals surface area contributed by atoms with Crippen LogP contribution in [-0.2, 0) is 16.1 Å². The molecule has 0 saturated heterocycles. The highest BCUT2D eigenvalue weighted by atomic mass is 32.1. The molecule has 0 unspecified atom stereocenters. The first-order valence-electron chi connectivity index (χ1n) is 9.34. The molecule has 3 aromatic rings. The van der Waals surface area contributed by atoms with Gasteiger partial charge >= 0.3 is 5.97 Å². The van der Waals surface area contributed by atoms with Gasteiger partial charge in [0.05, 0.1) is 17.8 Å². The van der Waals surface area contributed by atoms with Crippen LogP contribution in [0.25, 0.3) is 6.08 Å². The molecule has 1 aliphatic rings. The highest BCUT2D eigenvalue weighted by Gasteiger charge is 2.25. The van der Waals surface area contributed by atoms with Gasteiger partial charge in [-0.25, -0.2) is 14.8 Å². The summed E-state index contributed by atoms with van der Waals surface area (Å²) < 4.78 is 16.7. The second kappa shape index (κ2) is 8.51. The number of rotatable bonds is 6. The summed E-state index contributed by atoms with van der Waals surface area (Å²) in [7, 11) is 1.57. The number of methoxy groups -OCH3 is 1. The second-order valence-corrected chi connectivity index (χ2v) is 7.77. The summed E-state index contributed by atoms with van der Waals surface area (Å²) in [5.41, 5.74) is 3.65. The molecule has 30 heavy (non-hydrogen) atoms. The van der Waals surface area contributed by atoms with Gasteiger partial charge in [0.2, 0.25) is 5.90 Å². The lowest BCUT2D eigenvalue weighted by Gasteiger charge is -2.10. The summed E-state index contributed by atoms with van der Waals surface area (Å²) in [6.45, 7) is 4.26. The molecule has 4 rings (SSSR count). The van der Waals surface area contributed by atoms with Crippen molar-refractivity contribution in [1.29, 1.82) is 0 Å². The van der Waals surface area contributed by atoms with Crippen molar-refractivity contribution in [2.24, 2.45) is 4.99 Å². The Labute approximate surface area is 178 Å². The minimum atomic E-state index is -0.480. The topological polar surface area (TPSA) is 70.0 Å². The Hall–Kier alpha value is -3.45. The van der Waals surface area contributed by atoms with E-state index in [9.17, 15) is 4.79 Å². The molecular weight excluding hydrogens is 400 g/mol. The third-order valence-corrected chi connectivity index (χ3v) is 5.35. The van der Waals surface area contributed by atoms with Crippen LogP contribution in [0.1, 0.15) is 27.4 Å². The minimum Gasteiger partial charge on any atom is -0.493 e. The molecule has 2 aromatic carbocycles. The van der Waals surface area contributed by atoms with Crippen LogP contribution in [0.15, 0.2) is 58.5 Å². The Kier molecular flexibility index (Phi) is 5.63. The molecule has 0 saturated carbocycles. The van der Waals surface area contributed by atoms with Crippen LogP contribution in [0, 0.1) is 13.8 Å². The van der Waals surface area contributed by atoms with Gasteiger partial charge in [-0.2, -0.15) is 0 Å². The van der Waals surface area contributed by atoms with Crippen molar-refractivity contribution in [1.82, 2.24) is 4.98 Å². The molecule has 0 atom stereocenters. The maximum atomic E-state index is 12.3. The Morgan fingerprint density at radius 3 is 2.70 bits per heavy atom. The Balaban J connectivity index is 1.56. The van der Waals surface area contributed by atoms with Crippen molar-refractivity contribution < 1.29 is 19.0 Å². The summed E-state index contributed by atoms with van der Waals surface area (Å²) in [5.74, 6) is 0.996. The number of aryl methyl sites for hydroxylation is 2. The second-order valence-electron chi connectivity index (χ2n) is 6.71. The molecule has 0 spiro atoms. The fourth-order valence-corrected chi connectivity index (χ4v) is 3.61. The molecule has 0 fully saturated rings. The predicted molar refractivity (Wildman–Crippen MR) is 116 cm³/mol. The third kappa shape index (κ3) is 4.26. The molecule has 0 radical (unpaired) electrons. The first kappa shape index (κ1) is 19.8. The number of ether oxygens (including phenoxy) is 3. The van der Waals surface area contributed by atoms with Crippen molar-refractivity contribution in [2.75, 3.05) is 7.11 Å². The lowest BCUT2D eigenvalue weighted by molar-refractivity contribution is -0.129. The number of thiazole rings is 1. The van der Waals surface area contributed by atoms with Gasteiger partial charge in [-0.1, -0.05) is 24.3 Å². The molecule has 0 bridgehead atoms. The summed E-state index contributed by atoms with van der Waals surface area (Å²) >= 11 is 1.58. The summed E-state index contributed by atoms with van der Waals surface area (Å²) in [6, 6.07) is 13.1. The average Bonchev–Trinajstić information content (AvgIpc) is 3.32. The largest absolute Gasteiger partial charge is 0.493 e. The van der Waals surface area contributed by atoms with Gasteiger partial charge in [0.25, 0.3) is 0 Å². The van der Waals surface area contributed by atoms with Gasteiger partial charge in [0.15, 0.2) is 17.2 Å². The fourth-order valence-electron chi connectivity index (χ4n) is 3.01. The smallest absolute Gasteiger partial charge is 0.363 e. The van der Waals surface area contributed by atoms with Crippen LogP contribution >= 0.6 is 11.3 Å². The highest BCUT2D eigenvalue weighted by Crippen LogP contribution is 2.30. The van der Waals surface area contributed by atoms with Crippen molar-refractivity contribution >= 4 is 29.3 Å². The van der Waals surface area contributed by atoms with E-state index >= 15 is 0 Å². The zero-order chi connectivity index (χ0) is 21.1. The lowest BCUT2D eigenvalue weighted by Crippen LogP contribution is -2.06. The van der Waals surface area contributed by atoms with E-state index in [1.54, 1.807) is 36.7 Å². The number of esters is 1. The molecule has 1 aromatic heterocycles. The predicted octanol–water partition coefficient (Wildman–Crippen LogP) is 4.69. The normalized spacial score (nSPS) is 14.6. The minimum absolute atomic E-state index is 0.238. The van der Waals surface area contributed by atoms with Crippen LogP contribution in [0.2, 0.25) is 0 Å². The van der Waals surface area contributed by atoms with E-state index in [2.05, 4.69) is 9.98 Å². The van der Waals surface area contributed by atoms with Crippen molar-refractivity contribution in [2.45, 2.75) is 20.5 Å². The third-order valence-electron chi connectivity index (χ3n) is 4.53. The molecule has 152 valence electrons. The molecule has 2 heterocycles. The van der Waals surface area contributed by atoms with Crippen molar-refractivity contribution in [3.05, 3.63) is 80.9 Å². The number of hydrogen-bond acceptors (Lipinski definition) is 7. The Morgan fingerprint density at radius 2 is 1.97 bits per heavy atom. The van der Waals surface area contributed by atoms with Gasteiger partial charge in [0.1, 0.15) is 6.61 Å². The van der Waals surface area contributed by atoms with E-state index in [0.29, 0.717) is 24.0 Å². The van der Waals surface area contributed by atoms with E-state index in [-0.39, 0.29) is 5.70 Å². The number of benzene rings is 2. The summed E-state index contributed by atoms with van der Waals surface area (Å²) in [4.78, 5) is 21.1. The van der Waals surface area contributed by atoms with Crippen LogP contribution in [-0.4, -0.2) is 24.0 Å². The van der Waals surface area contributed by atoms with Gasteiger partial charge in [-0.3, -0.25) is 0 Å². The fraction of sp³-hybridized carbons (Fsp3) is 0.174. The number of carbonyl (C=O) groups excluding carboxylic acids is 1.